The predicted molar refractivity (Wildman–Crippen MR) is 89.4 cm³/mol. The number of hydrogen-bond donors (Lipinski definition) is 2. The SMILES string of the molecule is CC(=O)C(NC(=O)/C=C(/CC(=O)OC(C)C)C(=O)O)C(C)C.S. The maximum absolute atomic E-state index is 11.8. The van der Waals surface area contributed by atoms with Crippen LogP contribution in [-0.2, 0) is 23.9 Å². The number of ketones is 1. The van der Waals surface area contributed by atoms with Crippen molar-refractivity contribution < 1.29 is 29.0 Å². The van der Waals surface area contributed by atoms with Crippen LogP contribution in [0.2, 0.25) is 0 Å². The summed E-state index contributed by atoms with van der Waals surface area (Å²) in [5, 5.41) is 11.5. The summed E-state index contributed by atoms with van der Waals surface area (Å²) < 4.78 is 4.84. The second-order valence-electron chi connectivity index (χ2n) is 5.53. The molecule has 0 aromatic rings. The van der Waals surface area contributed by atoms with E-state index < -0.39 is 35.9 Å². The van der Waals surface area contributed by atoms with Crippen molar-refractivity contribution >= 4 is 37.1 Å². The number of esters is 1. The highest BCUT2D eigenvalue weighted by Crippen LogP contribution is 2.07. The highest BCUT2D eigenvalue weighted by molar-refractivity contribution is 7.59. The van der Waals surface area contributed by atoms with Gasteiger partial charge in [0.15, 0.2) is 5.78 Å². The molecule has 0 rings (SSSR count). The third-order valence-electron chi connectivity index (χ3n) is 2.68. The topological polar surface area (TPSA) is 110 Å². The Bertz CT molecular complexity index is 484. The maximum atomic E-state index is 11.8. The van der Waals surface area contributed by atoms with Gasteiger partial charge in [-0.1, -0.05) is 13.8 Å². The number of hydrogen-bond acceptors (Lipinski definition) is 5. The van der Waals surface area contributed by atoms with E-state index in [9.17, 15) is 19.2 Å². The van der Waals surface area contributed by atoms with Gasteiger partial charge in [0.05, 0.1) is 24.1 Å². The Kier molecular flexibility index (Phi) is 11.0. The fourth-order valence-electron chi connectivity index (χ4n) is 1.74. The summed E-state index contributed by atoms with van der Waals surface area (Å²) >= 11 is 0. The van der Waals surface area contributed by atoms with Crippen LogP contribution in [0.15, 0.2) is 11.6 Å². The average Bonchev–Trinajstić information content (AvgIpc) is 2.33. The Morgan fingerprint density at radius 1 is 1.13 bits per heavy atom. The van der Waals surface area contributed by atoms with Crippen molar-refractivity contribution in [3.8, 4) is 0 Å². The maximum Gasteiger partial charge on any atom is 0.332 e. The number of nitrogens with one attached hydrogen (secondary N) is 1. The van der Waals surface area contributed by atoms with Gasteiger partial charge in [0.25, 0.3) is 0 Å². The molecule has 0 fully saturated rings. The van der Waals surface area contributed by atoms with Crippen LogP contribution >= 0.6 is 13.5 Å². The van der Waals surface area contributed by atoms with Gasteiger partial charge >= 0.3 is 11.9 Å². The molecule has 7 nitrogen and oxygen atoms in total. The minimum atomic E-state index is -1.39. The zero-order valence-electron chi connectivity index (χ0n) is 14.0. The highest BCUT2D eigenvalue weighted by atomic mass is 32.1. The van der Waals surface area contributed by atoms with E-state index >= 15 is 0 Å². The smallest absolute Gasteiger partial charge is 0.332 e. The van der Waals surface area contributed by atoms with Crippen LogP contribution in [0.4, 0.5) is 0 Å². The first kappa shape index (κ1) is 23.4. The van der Waals surface area contributed by atoms with Crippen molar-refractivity contribution in [1.29, 1.82) is 0 Å². The van der Waals surface area contributed by atoms with Crippen LogP contribution < -0.4 is 5.32 Å². The summed E-state index contributed by atoms with van der Waals surface area (Å²) in [7, 11) is 0. The Morgan fingerprint density at radius 2 is 1.65 bits per heavy atom. The number of amides is 1. The summed E-state index contributed by atoms with van der Waals surface area (Å²) in [6.07, 6.45) is -0.0883. The summed E-state index contributed by atoms with van der Waals surface area (Å²) in [6, 6.07) is -0.707. The van der Waals surface area contributed by atoms with Crippen molar-refractivity contribution in [3.05, 3.63) is 11.6 Å². The molecule has 1 amide bonds. The molecule has 8 heteroatoms. The lowest BCUT2D eigenvalue weighted by molar-refractivity contribution is -0.148. The van der Waals surface area contributed by atoms with Crippen molar-refractivity contribution in [2.24, 2.45) is 5.92 Å². The van der Waals surface area contributed by atoms with E-state index in [1.807, 2.05) is 0 Å². The van der Waals surface area contributed by atoms with Gasteiger partial charge in [0.2, 0.25) is 5.91 Å². The molecule has 2 N–H and O–H groups in total. The second kappa shape index (κ2) is 10.8. The van der Waals surface area contributed by atoms with Crippen molar-refractivity contribution in [2.75, 3.05) is 0 Å². The van der Waals surface area contributed by atoms with Crippen LogP contribution in [0.5, 0.6) is 0 Å². The molecular weight excluding hydrogens is 322 g/mol. The molecule has 0 spiro atoms. The standard InChI is InChI=1S/C15H23NO6.H2S/c1-8(2)14(10(5)17)16-12(18)6-11(15(20)21)7-13(19)22-9(3)4;/h6,8-9,14H,7H2,1-5H3,(H,16,18)(H,20,21);1H2/b11-6-;. The van der Waals surface area contributed by atoms with Gasteiger partial charge in [-0.25, -0.2) is 4.79 Å². The van der Waals surface area contributed by atoms with Gasteiger partial charge < -0.3 is 15.2 Å². The molecule has 0 heterocycles. The molecule has 0 aromatic carbocycles. The Hall–Kier alpha value is -1.83. The first-order valence-electron chi connectivity index (χ1n) is 6.98. The molecule has 23 heavy (non-hydrogen) atoms. The summed E-state index contributed by atoms with van der Waals surface area (Å²) in [5.74, 6) is -3.21. The second-order valence-corrected chi connectivity index (χ2v) is 5.53. The number of Topliss-reactive ketones (excluding diaryl/α,β-unsaturated/α-hetero) is 1. The van der Waals surface area contributed by atoms with E-state index in [1.54, 1.807) is 27.7 Å². The van der Waals surface area contributed by atoms with Crippen LogP contribution in [0.3, 0.4) is 0 Å². The normalized spacial score (nSPS) is 12.4. The number of carboxylic acids is 1. The Balaban J connectivity index is 0. The molecule has 0 aliphatic carbocycles. The molecule has 1 atom stereocenters. The van der Waals surface area contributed by atoms with Crippen molar-refractivity contribution in [2.45, 2.75) is 53.2 Å². The lowest BCUT2D eigenvalue weighted by Gasteiger charge is -2.18. The number of carboxylic acid groups (broad SMARTS) is 1. The third kappa shape index (κ3) is 9.72. The van der Waals surface area contributed by atoms with E-state index in [-0.39, 0.29) is 31.3 Å². The molecule has 0 aromatic heterocycles. The summed E-state index contributed by atoms with van der Waals surface area (Å²) in [5.41, 5.74) is -0.394. The third-order valence-corrected chi connectivity index (χ3v) is 2.68. The Labute approximate surface area is 142 Å². The molecular formula is C15H25NO6S. The lowest BCUT2D eigenvalue weighted by atomic mass is 10.0. The first-order valence-corrected chi connectivity index (χ1v) is 6.98. The molecule has 0 saturated carbocycles. The number of aliphatic carboxylic acids is 1. The Morgan fingerprint density at radius 3 is 2.00 bits per heavy atom. The van der Waals surface area contributed by atoms with Crippen LogP contribution in [0, 0.1) is 5.92 Å². The van der Waals surface area contributed by atoms with E-state index in [0.29, 0.717) is 0 Å². The van der Waals surface area contributed by atoms with Crippen LogP contribution in [0.1, 0.15) is 41.0 Å². The van der Waals surface area contributed by atoms with Gasteiger partial charge in [-0.15, -0.1) is 0 Å². The zero-order valence-corrected chi connectivity index (χ0v) is 15.0. The van der Waals surface area contributed by atoms with Crippen LogP contribution in [-0.4, -0.2) is 40.9 Å². The van der Waals surface area contributed by atoms with E-state index in [0.717, 1.165) is 6.08 Å². The number of carbonyl (C=O) groups excluding carboxylic acids is 3. The summed E-state index contributed by atoms with van der Waals surface area (Å²) in [6.45, 7) is 8.12. The quantitative estimate of drug-likeness (QED) is 0.504. The molecule has 0 aliphatic heterocycles. The van der Waals surface area contributed by atoms with Crippen LogP contribution in [0.25, 0.3) is 0 Å². The zero-order chi connectivity index (χ0) is 17.4. The van der Waals surface area contributed by atoms with Gasteiger partial charge in [0, 0.05) is 6.08 Å². The van der Waals surface area contributed by atoms with Gasteiger partial charge in [-0.05, 0) is 26.7 Å². The van der Waals surface area contributed by atoms with Crippen molar-refractivity contribution in [3.63, 3.8) is 0 Å². The molecule has 0 bridgehead atoms. The van der Waals surface area contributed by atoms with Gasteiger partial charge in [0.1, 0.15) is 0 Å². The van der Waals surface area contributed by atoms with Gasteiger partial charge in [-0.3, -0.25) is 14.4 Å². The first-order chi connectivity index (χ1) is 10.0. The number of rotatable bonds is 8. The fourth-order valence-corrected chi connectivity index (χ4v) is 1.74. The molecule has 0 saturated heterocycles. The largest absolute Gasteiger partial charge is 0.478 e. The molecule has 132 valence electrons. The monoisotopic (exact) mass is 347 g/mol. The van der Waals surface area contributed by atoms with E-state index in [1.165, 1.54) is 6.92 Å². The fraction of sp³-hybridized carbons (Fsp3) is 0.600. The average molecular weight is 347 g/mol. The predicted octanol–water partition coefficient (Wildman–Crippen LogP) is 1.18. The summed E-state index contributed by atoms with van der Waals surface area (Å²) in [4.78, 5) is 45.8. The number of carbonyl (C=O) groups is 4. The van der Waals surface area contributed by atoms with E-state index in [4.69, 9.17) is 9.84 Å². The highest BCUT2D eigenvalue weighted by Gasteiger charge is 2.21. The molecule has 0 aliphatic rings. The van der Waals surface area contributed by atoms with Gasteiger partial charge in [-0.2, -0.15) is 13.5 Å². The lowest BCUT2D eigenvalue weighted by Crippen LogP contribution is -2.42. The molecule has 0 radical (unpaired) electrons. The van der Waals surface area contributed by atoms with E-state index in [2.05, 4.69) is 5.32 Å². The minimum absolute atomic E-state index is 0. The number of ether oxygens (including phenoxy) is 1. The molecule has 1 unspecified atom stereocenters. The minimum Gasteiger partial charge on any atom is -0.478 e. The van der Waals surface area contributed by atoms with Crippen molar-refractivity contribution in [1.82, 2.24) is 5.32 Å².